The van der Waals surface area contributed by atoms with Crippen molar-refractivity contribution in [2.75, 3.05) is 33.7 Å². The van der Waals surface area contributed by atoms with Crippen LogP contribution in [0.1, 0.15) is 5.56 Å². The number of ether oxygens (including phenoxy) is 3. The van der Waals surface area contributed by atoms with Gasteiger partial charge in [-0.25, -0.2) is 4.98 Å². The van der Waals surface area contributed by atoms with Crippen molar-refractivity contribution in [1.29, 1.82) is 0 Å². The first-order chi connectivity index (χ1) is 14.6. The van der Waals surface area contributed by atoms with E-state index in [2.05, 4.69) is 10.3 Å². The molecule has 0 spiro atoms. The zero-order chi connectivity index (χ0) is 21.5. The maximum atomic E-state index is 12.7. The summed E-state index contributed by atoms with van der Waals surface area (Å²) < 4.78 is 17.9. The van der Waals surface area contributed by atoms with Crippen LogP contribution in [0.15, 0.2) is 39.6 Å². The molecule has 0 aliphatic heterocycles. The molecule has 1 N–H and O–H groups in total. The maximum absolute atomic E-state index is 12.7. The zero-order valence-corrected chi connectivity index (χ0v) is 18.6. The predicted octanol–water partition coefficient (Wildman–Crippen LogP) is 2.53. The molecule has 30 heavy (non-hydrogen) atoms. The summed E-state index contributed by atoms with van der Waals surface area (Å²) in [6.45, 7) is 1.06. The Kier molecular flexibility index (Phi) is 7.72. The van der Waals surface area contributed by atoms with Crippen molar-refractivity contribution in [3.63, 3.8) is 0 Å². The zero-order valence-electron chi connectivity index (χ0n) is 17.0. The number of thioether (sulfide) groups is 1. The Morgan fingerprint density at radius 1 is 1.23 bits per heavy atom. The summed E-state index contributed by atoms with van der Waals surface area (Å²) in [5, 5.41) is 5.20. The molecule has 10 heteroatoms. The minimum absolute atomic E-state index is 0.115. The molecule has 0 aliphatic rings. The number of rotatable bonds is 10. The van der Waals surface area contributed by atoms with Gasteiger partial charge in [-0.05, 0) is 17.5 Å². The average molecular weight is 450 g/mol. The van der Waals surface area contributed by atoms with Crippen LogP contribution in [0.4, 0.5) is 0 Å². The number of hydrogen-bond acceptors (Lipinski definition) is 8. The van der Waals surface area contributed by atoms with E-state index in [-0.39, 0.29) is 17.2 Å². The predicted molar refractivity (Wildman–Crippen MR) is 118 cm³/mol. The van der Waals surface area contributed by atoms with Gasteiger partial charge in [0.15, 0.2) is 16.7 Å². The van der Waals surface area contributed by atoms with Crippen LogP contribution in [-0.2, 0) is 22.6 Å². The smallest absolute Gasteiger partial charge is 0.272 e. The number of carbonyl (C=O) groups is 1. The van der Waals surface area contributed by atoms with Gasteiger partial charge < -0.3 is 19.5 Å². The van der Waals surface area contributed by atoms with Crippen LogP contribution in [0.5, 0.6) is 11.5 Å². The molecule has 0 saturated heterocycles. The van der Waals surface area contributed by atoms with Crippen molar-refractivity contribution in [3.05, 3.63) is 45.6 Å². The lowest BCUT2D eigenvalue weighted by molar-refractivity contribution is -0.118. The number of aromatic nitrogens is 2. The second kappa shape index (κ2) is 10.5. The van der Waals surface area contributed by atoms with Crippen LogP contribution in [0, 0.1) is 0 Å². The fourth-order valence-electron chi connectivity index (χ4n) is 2.88. The highest BCUT2D eigenvalue weighted by Gasteiger charge is 2.15. The third-order valence-corrected chi connectivity index (χ3v) is 6.21. The van der Waals surface area contributed by atoms with E-state index >= 15 is 0 Å². The molecule has 0 unspecified atom stereocenters. The van der Waals surface area contributed by atoms with Gasteiger partial charge in [0.05, 0.1) is 38.6 Å². The Balaban J connectivity index is 1.69. The first-order valence-corrected chi connectivity index (χ1v) is 11.0. The number of nitrogens with one attached hydrogen (secondary N) is 1. The summed E-state index contributed by atoms with van der Waals surface area (Å²) in [4.78, 5) is 29.7. The lowest BCUT2D eigenvalue weighted by Crippen LogP contribution is -2.27. The molecule has 1 amide bonds. The van der Waals surface area contributed by atoms with Crippen molar-refractivity contribution in [2.24, 2.45) is 0 Å². The third-order valence-electron chi connectivity index (χ3n) is 4.34. The van der Waals surface area contributed by atoms with Crippen LogP contribution < -0.4 is 20.3 Å². The molecule has 8 nitrogen and oxygen atoms in total. The SMILES string of the molecule is COCCn1c(SCC(=O)NCc2cccc(OC)c2OC)nc2ccsc2c1=O. The Morgan fingerprint density at radius 3 is 2.80 bits per heavy atom. The maximum Gasteiger partial charge on any atom is 0.272 e. The number of nitrogens with zero attached hydrogens (tertiary/aromatic N) is 2. The van der Waals surface area contributed by atoms with E-state index in [9.17, 15) is 9.59 Å². The second-order valence-electron chi connectivity index (χ2n) is 6.20. The highest BCUT2D eigenvalue weighted by molar-refractivity contribution is 7.99. The lowest BCUT2D eigenvalue weighted by Gasteiger charge is -2.14. The van der Waals surface area contributed by atoms with Crippen LogP contribution in [0.3, 0.4) is 0 Å². The summed E-state index contributed by atoms with van der Waals surface area (Å²) in [6, 6.07) is 7.31. The minimum atomic E-state index is -0.178. The van der Waals surface area contributed by atoms with Crippen LogP contribution in [-0.4, -0.2) is 49.1 Å². The van der Waals surface area contributed by atoms with Gasteiger partial charge in [0.2, 0.25) is 5.91 Å². The number of amides is 1. The molecule has 0 atom stereocenters. The Labute approximate surface area is 182 Å². The molecular formula is C20H23N3O5S2. The molecule has 0 saturated carbocycles. The monoisotopic (exact) mass is 449 g/mol. The van der Waals surface area contributed by atoms with Gasteiger partial charge >= 0.3 is 0 Å². The summed E-state index contributed by atoms with van der Waals surface area (Å²) in [6.07, 6.45) is 0. The Bertz CT molecular complexity index is 1080. The first kappa shape index (κ1) is 22.1. The lowest BCUT2D eigenvalue weighted by atomic mass is 10.2. The molecule has 160 valence electrons. The van der Waals surface area contributed by atoms with Gasteiger partial charge in [-0.15, -0.1) is 11.3 Å². The van der Waals surface area contributed by atoms with Gasteiger partial charge in [-0.3, -0.25) is 14.2 Å². The summed E-state index contributed by atoms with van der Waals surface area (Å²) in [5.41, 5.74) is 1.34. The van der Waals surface area contributed by atoms with Crippen molar-refractivity contribution in [1.82, 2.24) is 14.9 Å². The average Bonchev–Trinajstić information content (AvgIpc) is 3.24. The molecule has 0 radical (unpaired) electrons. The van der Waals surface area contributed by atoms with Crippen LogP contribution in [0.25, 0.3) is 10.2 Å². The number of hydrogen-bond donors (Lipinski definition) is 1. The summed E-state index contributed by atoms with van der Waals surface area (Å²) in [7, 11) is 4.71. The molecule has 0 fully saturated rings. The summed E-state index contributed by atoms with van der Waals surface area (Å²) in [5.74, 6) is 1.14. The molecule has 2 heterocycles. The van der Waals surface area contributed by atoms with Crippen molar-refractivity contribution in [3.8, 4) is 11.5 Å². The molecule has 0 aliphatic carbocycles. The van der Waals surface area contributed by atoms with E-state index in [1.165, 1.54) is 23.1 Å². The number of fused-ring (bicyclic) bond motifs is 1. The Morgan fingerprint density at radius 2 is 2.07 bits per heavy atom. The van der Waals surface area contributed by atoms with Crippen molar-refractivity contribution >= 4 is 39.2 Å². The van der Waals surface area contributed by atoms with Gasteiger partial charge in [-0.1, -0.05) is 23.9 Å². The molecule has 2 aromatic heterocycles. The fourth-order valence-corrected chi connectivity index (χ4v) is 4.51. The van der Waals surface area contributed by atoms with Crippen molar-refractivity contribution < 1.29 is 19.0 Å². The van der Waals surface area contributed by atoms with E-state index in [1.54, 1.807) is 38.0 Å². The van der Waals surface area contributed by atoms with E-state index < -0.39 is 0 Å². The van der Waals surface area contributed by atoms with E-state index in [1.807, 2.05) is 17.5 Å². The van der Waals surface area contributed by atoms with Gasteiger partial charge in [0.25, 0.3) is 5.56 Å². The molecule has 3 rings (SSSR count). The summed E-state index contributed by atoms with van der Waals surface area (Å²) >= 11 is 2.58. The number of methoxy groups -OCH3 is 3. The first-order valence-electron chi connectivity index (χ1n) is 9.15. The highest BCUT2D eigenvalue weighted by atomic mass is 32.2. The topological polar surface area (TPSA) is 91.7 Å². The standard InChI is InChI=1S/C20H23N3O5S2/c1-26-9-8-23-19(25)18-14(7-10-29-18)22-20(23)30-12-16(24)21-11-13-5-4-6-15(27-2)17(13)28-3/h4-7,10H,8-9,11-12H2,1-3H3,(H,21,24). The number of para-hydroxylation sites is 1. The fraction of sp³-hybridized carbons (Fsp3) is 0.350. The van der Waals surface area contributed by atoms with E-state index in [4.69, 9.17) is 14.2 Å². The van der Waals surface area contributed by atoms with Crippen LogP contribution >= 0.6 is 23.1 Å². The second-order valence-corrected chi connectivity index (χ2v) is 8.06. The number of carbonyl (C=O) groups excluding carboxylic acids is 1. The third kappa shape index (κ3) is 4.94. The van der Waals surface area contributed by atoms with Crippen LogP contribution in [0.2, 0.25) is 0 Å². The Hall–Kier alpha value is -2.56. The highest BCUT2D eigenvalue weighted by Crippen LogP contribution is 2.30. The van der Waals surface area contributed by atoms with Gasteiger partial charge in [0.1, 0.15) is 4.70 Å². The molecule has 0 bridgehead atoms. The van der Waals surface area contributed by atoms with Crippen molar-refractivity contribution in [2.45, 2.75) is 18.2 Å². The normalized spacial score (nSPS) is 10.9. The van der Waals surface area contributed by atoms with E-state index in [0.717, 1.165) is 5.56 Å². The largest absolute Gasteiger partial charge is 0.493 e. The van der Waals surface area contributed by atoms with E-state index in [0.29, 0.717) is 46.6 Å². The quantitative estimate of drug-likeness (QED) is 0.376. The molecular weight excluding hydrogens is 426 g/mol. The number of thiophene rings is 1. The van der Waals surface area contributed by atoms with Gasteiger partial charge in [0, 0.05) is 19.2 Å². The van der Waals surface area contributed by atoms with Gasteiger partial charge in [-0.2, -0.15) is 0 Å². The minimum Gasteiger partial charge on any atom is -0.493 e. The number of benzene rings is 1. The molecule has 1 aromatic carbocycles. The molecule has 3 aromatic rings.